The van der Waals surface area contributed by atoms with Gasteiger partial charge in [-0.15, -0.1) is 0 Å². The number of carbonyl (C=O) groups excluding carboxylic acids is 3. The maximum atomic E-state index is 13.1. The van der Waals surface area contributed by atoms with Gasteiger partial charge in [0.05, 0.1) is 6.54 Å². The number of fused-ring (bicyclic) bond motifs is 1. The molecule has 2 aliphatic rings. The number of hydrogen-bond acceptors (Lipinski definition) is 5. The lowest BCUT2D eigenvalue weighted by Crippen LogP contribution is -2.52. The number of H-pyrrole nitrogens is 1. The van der Waals surface area contributed by atoms with E-state index in [1.807, 2.05) is 42.6 Å². The van der Waals surface area contributed by atoms with Crippen LogP contribution in [0.4, 0.5) is 0 Å². The van der Waals surface area contributed by atoms with Gasteiger partial charge in [0.25, 0.3) is 11.8 Å². The zero-order chi connectivity index (χ0) is 26.1. The van der Waals surface area contributed by atoms with Crippen LogP contribution in [0.15, 0.2) is 66.9 Å². The Bertz CT molecular complexity index is 1470. The van der Waals surface area contributed by atoms with Crippen LogP contribution in [-0.2, 0) is 11.2 Å². The Morgan fingerprint density at radius 1 is 0.816 bits per heavy atom. The number of aromatic amines is 1. The average molecular weight is 510 g/mol. The van der Waals surface area contributed by atoms with E-state index in [0.29, 0.717) is 37.3 Å². The molecule has 0 unspecified atom stereocenters. The van der Waals surface area contributed by atoms with Gasteiger partial charge in [0.1, 0.15) is 0 Å². The van der Waals surface area contributed by atoms with Gasteiger partial charge >= 0.3 is 0 Å². The second-order valence-electron chi connectivity index (χ2n) is 10.0. The molecule has 194 valence electrons. The van der Waals surface area contributed by atoms with Crippen LogP contribution in [0, 0.1) is 0 Å². The summed E-state index contributed by atoms with van der Waals surface area (Å²) in [6.45, 7) is 5.12. The number of rotatable bonds is 8. The minimum Gasteiger partial charge on any atom is -0.361 e. The van der Waals surface area contributed by atoms with Crippen molar-refractivity contribution in [2.75, 3.05) is 52.4 Å². The molecule has 1 fully saturated rings. The highest BCUT2D eigenvalue weighted by Gasteiger charge is 2.33. The van der Waals surface area contributed by atoms with Crippen LogP contribution in [0.2, 0.25) is 0 Å². The summed E-state index contributed by atoms with van der Waals surface area (Å²) >= 11 is 0. The summed E-state index contributed by atoms with van der Waals surface area (Å²) in [5.74, 6) is -0.403. The second-order valence-corrected chi connectivity index (χ2v) is 10.0. The first-order chi connectivity index (χ1) is 18.6. The first-order valence-corrected chi connectivity index (χ1v) is 13.2. The number of imide groups is 1. The van der Waals surface area contributed by atoms with Crippen LogP contribution in [0.25, 0.3) is 21.7 Å². The molecular formula is C30H31N5O3. The number of amides is 3. The summed E-state index contributed by atoms with van der Waals surface area (Å²) in [6, 6.07) is 19.4. The highest BCUT2D eigenvalue weighted by molar-refractivity contribution is 6.25. The van der Waals surface area contributed by atoms with Crippen molar-refractivity contribution < 1.29 is 14.4 Å². The van der Waals surface area contributed by atoms with Crippen molar-refractivity contribution in [3.05, 3.63) is 83.6 Å². The molecule has 3 aromatic carbocycles. The molecule has 0 spiro atoms. The molecule has 0 aliphatic carbocycles. The summed E-state index contributed by atoms with van der Waals surface area (Å²) in [6.07, 6.45) is 2.80. The van der Waals surface area contributed by atoms with Crippen LogP contribution in [0.3, 0.4) is 0 Å². The van der Waals surface area contributed by atoms with Gasteiger partial charge in [-0.25, -0.2) is 0 Å². The molecule has 6 rings (SSSR count). The first kappa shape index (κ1) is 24.3. The molecule has 0 radical (unpaired) electrons. The maximum absolute atomic E-state index is 13.1. The van der Waals surface area contributed by atoms with E-state index in [2.05, 4.69) is 32.2 Å². The van der Waals surface area contributed by atoms with Crippen LogP contribution >= 0.6 is 0 Å². The fourth-order valence-electron chi connectivity index (χ4n) is 5.63. The summed E-state index contributed by atoms with van der Waals surface area (Å²) in [5.41, 5.74) is 3.51. The van der Waals surface area contributed by atoms with Crippen molar-refractivity contribution in [1.29, 1.82) is 0 Å². The van der Waals surface area contributed by atoms with Crippen molar-refractivity contribution in [3.63, 3.8) is 0 Å². The van der Waals surface area contributed by atoms with Gasteiger partial charge in [0.15, 0.2) is 0 Å². The number of piperazine rings is 1. The Morgan fingerprint density at radius 2 is 1.50 bits per heavy atom. The fourth-order valence-corrected chi connectivity index (χ4v) is 5.63. The summed E-state index contributed by atoms with van der Waals surface area (Å²) in [5, 5.41) is 5.92. The van der Waals surface area contributed by atoms with E-state index in [9.17, 15) is 14.4 Å². The molecule has 4 aromatic rings. The molecule has 2 N–H and O–H groups in total. The average Bonchev–Trinajstić information content (AvgIpc) is 3.35. The smallest absolute Gasteiger partial charge is 0.261 e. The molecule has 8 nitrogen and oxygen atoms in total. The van der Waals surface area contributed by atoms with Crippen LogP contribution in [0.5, 0.6) is 0 Å². The lowest BCUT2D eigenvalue weighted by molar-refractivity contribution is -0.122. The normalized spacial score (nSPS) is 16.5. The van der Waals surface area contributed by atoms with E-state index in [-0.39, 0.29) is 17.7 Å². The third-order valence-corrected chi connectivity index (χ3v) is 7.72. The van der Waals surface area contributed by atoms with Gasteiger partial charge in [0.2, 0.25) is 5.91 Å². The second kappa shape index (κ2) is 10.4. The number of hydrogen-bond donors (Lipinski definition) is 2. The monoisotopic (exact) mass is 509 g/mol. The van der Waals surface area contributed by atoms with E-state index >= 15 is 0 Å². The van der Waals surface area contributed by atoms with E-state index < -0.39 is 0 Å². The topological polar surface area (TPSA) is 88.8 Å². The van der Waals surface area contributed by atoms with Gasteiger partial charge in [-0.2, -0.15) is 0 Å². The lowest BCUT2D eigenvalue weighted by Gasteiger charge is -2.35. The van der Waals surface area contributed by atoms with Gasteiger partial charge in [-0.3, -0.25) is 29.1 Å². The molecule has 0 bridgehead atoms. The number of nitrogens with zero attached hydrogens (tertiary/aromatic N) is 3. The van der Waals surface area contributed by atoms with E-state index in [0.717, 1.165) is 48.9 Å². The van der Waals surface area contributed by atoms with Crippen LogP contribution in [-0.4, -0.2) is 89.8 Å². The lowest BCUT2D eigenvalue weighted by atomic mass is 9.94. The van der Waals surface area contributed by atoms with E-state index in [1.165, 1.54) is 15.8 Å². The first-order valence-electron chi connectivity index (χ1n) is 13.2. The number of benzene rings is 3. The fraction of sp³-hybridized carbons (Fsp3) is 0.300. The molecule has 0 saturated carbocycles. The Balaban J connectivity index is 0.956. The summed E-state index contributed by atoms with van der Waals surface area (Å²) in [4.78, 5) is 47.8. The zero-order valence-electron chi connectivity index (χ0n) is 21.3. The Morgan fingerprint density at radius 3 is 2.24 bits per heavy atom. The summed E-state index contributed by atoms with van der Waals surface area (Å²) < 4.78 is 0. The van der Waals surface area contributed by atoms with Gasteiger partial charge in [-0.1, -0.05) is 42.5 Å². The van der Waals surface area contributed by atoms with Gasteiger partial charge in [0, 0.05) is 79.4 Å². The largest absolute Gasteiger partial charge is 0.361 e. The molecule has 3 heterocycles. The summed E-state index contributed by atoms with van der Waals surface area (Å²) in [7, 11) is 0. The maximum Gasteiger partial charge on any atom is 0.261 e. The Kier molecular flexibility index (Phi) is 6.66. The van der Waals surface area contributed by atoms with Crippen molar-refractivity contribution in [2.24, 2.45) is 0 Å². The quantitative estimate of drug-likeness (QED) is 0.357. The molecule has 1 aromatic heterocycles. The minimum absolute atomic E-state index is 0.0376. The van der Waals surface area contributed by atoms with Crippen molar-refractivity contribution in [1.82, 2.24) is 25.0 Å². The predicted octanol–water partition coefficient (Wildman–Crippen LogP) is 2.89. The number of nitrogens with one attached hydrogen (secondary N) is 2. The molecule has 2 aliphatic heterocycles. The third-order valence-electron chi connectivity index (χ3n) is 7.72. The molecular weight excluding hydrogens is 478 g/mol. The zero-order valence-corrected chi connectivity index (χ0v) is 21.3. The highest BCUT2D eigenvalue weighted by atomic mass is 16.2. The van der Waals surface area contributed by atoms with E-state index in [4.69, 9.17) is 0 Å². The minimum atomic E-state index is -0.220. The number of aromatic nitrogens is 1. The Hall–Kier alpha value is -4.01. The van der Waals surface area contributed by atoms with Crippen molar-refractivity contribution in [2.45, 2.75) is 6.42 Å². The molecule has 0 atom stereocenters. The van der Waals surface area contributed by atoms with Crippen LogP contribution in [0.1, 0.15) is 26.3 Å². The molecule has 3 amide bonds. The predicted molar refractivity (Wildman–Crippen MR) is 147 cm³/mol. The van der Waals surface area contributed by atoms with Crippen molar-refractivity contribution >= 4 is 39.4 Å². The number of para-hydroxylation sites is 1. The number of carbonyl (C=O) groups is 3. The molecule has 8 heteroatoms. The van der Waals surface area contributed by atoms with Crippen LogP contribution < -0.4 is 5.32 Å². The van der Waals surface area contributed by atoms with Gasteiger partial charge < -0.3 is 10.3 Å². The SMILES string of the molecule is O=C(CN1CCN(CCN2C(=O)c3cccc4cccc(c34)C2=O)CC1)NCCc1c[nH]c2ccccc12. The molecule has 38 heavy (non-hydrogen) atoms. The third kappa shape index (κ3) is 4.68. The van der Waals surface area contributed by atoms with E-state index in [1.54, 1.807) is 12.1 Å². The van der Waals surface area contributed by atoms with Gasteiger partial charge in [-0.05, 0) is 35.6 Å². The standard InChI is InChI=1S/C30H31N5O3/c36-27(31-12-11-22-19-32-26-10-2-1-7-23(22)26)20-34-15-13-33(14-16-34)17-18-35-29(37)24-8-3-5-21-6-4-9-25(28(21)24)30(35)38/h1-10,19,32H,11-18,20H2,(H,31,36). The van der Waals surface area contributed by atoms with Crippen molar-refractivity contribution in [3.8, 4) is 0 Å². The molecule has 1 saturated heterocycles. The Labute approximate surface area is 221 Å². The highest BCUT2D eigenvalue weighted by Crippen LogP contribution is 2.29.